The lowest BCUT2D eigenvalue weighted by molar-refractivity contribution is -0.138. The van der Waals surface area contributed by atoms with Gasteiger partial charge in [-0.05, 0) is 37.0 Å². The number of para-hydroxylation sites is 1. The van der Waals surface area contributed by atoms with E-state index in [1.54, 1.807) is 13.8 Å². The molecule has 0 aliphatic heterocycles. The first-order chi connectivity index (χ1) is 11.8. The Morgan fingerprint density at radius 3 is 2.16 bits per heavy atom. The van der Waals surface area contributed by atoms with E-state index in [-0.39, 0.29) is 17.7 Å². The van der Waals surface area contributed by atoms with Crippen molar-refractivity contribution < 1.29 is 9.59 Å². The molecule has 0 atom stereocenters. The summed E-state index contributed by atoms with van der Waals surface area (Å²) < 4.78 is 0. The lowest BCUT2D eigenvalue weighted by Gasteiger charge is -2.24. The van der Waals surface area contributed by atoms with E-state index in [0.29, 0.717) is 6.54 Å². The van der Waals surface area contributed by atoms with Gasteiger partial charge in [-0.15, -0.1) is 0 Å². The Labute approximate surface area is 149 Å². The van der Waals surface area contributed by atoms with E-state index in [2.05, 4.69) is 24.5 Å². The summed E-state index contributed by atoms with van der Waals surface area (Å²) in [6, 6.07) is 17.3. The van der Waals surface area contributed by atoms with Gasteiger partial charge in [-0.25, -0.2) is 0 Å². The molecule has 0 unspecified atom stereocenters. The predicted molar refractivity (Wildman–Crippen MR) is 101 cm³/mol. The van der Waals surface area contributed by atoms with Crippen molar-refractivity contribution in [2.45, 2.75) is 40.2 Å². The molecule has 4 heteroatoms. The zero-order chi connectivity index (χ0) is 18.4. The fourth-order valence-corrected chi connectivity index (χ4v) is 2.50. The van der Waals surface area contributed by atoms with Crippen LogP contribution in [-0.4, -0.2) is 11.8 Å². The van der Waals surface area contributed by atoms with Crippen molar-refractivity contribution in [3.05, 3.63) is 65.7 Å². The van der Waals surface area contributed by atoms with Crippen molar-refractivity contribution in [3.8, 4) is 0 Å². The molecule has 0 radical (unpaired) electrons. The second-order valence-corrected chi connectivity index (χ2v) is 6.99. The van der Waals surface area contributed by atoms with Crippen LogP contribution in [0.4, 0.5) is 5.69 Å². The Balaban J connectivity index is 2.05. The van der Waals surface area contributed by atoms with Gasteiger partial charge in [-0.1, -0.05) is 62.4 Å². The monoisotopic (exact) mass is 338 g/mol. The molecule has 0 aliphatic carbocycles. The SMILES string of the molecule is CC(C)c1ccccc1NC(=O)C(C)(C)C(=O)NCc1ccccc1. The minimum atomic E-state index is -1.17. The van der Waals surface area contributed by atoms with Crippen molar-refractivity contribution in [2.75, 3.05) is 5.32 Å². The number of amides is 2. The van der Waals surface area contributed by atoms with Gasteiger partial charge in [0, 0.05) is 12.2 Å². The van der Waals surface area contributed by atoms with Gasteiger partial charge in [0.15, 0.2) is 0 Å². The maximum Gasteiger partial charge on any atom is 0.239 e. The smallest absolute Gasteiger partial charge is 0.239 e. The number of hydrogen-bond donors (Lipinski definition) is 2. The molecule has 0 spiro atoms. The summed E-state index contributed by atoms with van der Waals surface area (Å²) in [5.74, 6) is -0.325. The average molecular weight is 338 g/mol. The first kappa shape index (κ1) is 18.7. The Kier molecular flexibility index (Phi) is 5.97. The Morgan fingerprint density at radius 2 is 1.52 bits per heavy atom. The first-order valence-corrected chi connectivity index (χ1v) is 8.55. The quantitative estimate of drug-likeness (QED) is 0.779. The van der Waals surface area contributed by atoms with E-state index >= 15 is 0 Å². The van der Waals surface area contributed by atoms with E-state index in [0.717, 1.165) is 16.8 Å². The highest BCUT2D eigenvalue weighted by Gasteiger charge is 2.36. The van der Waals surface area contributed by atoms with Crippen molar-refractivity contribution in [1.82, 2.24) is 5.32 Å². The third kappa shape index (κ3) is 4.69. The number of anilines is 1. The van der Waals surface area contributed by atoms with Crippen LogP contribution in [0.3, 0.4) is 0 Å². The molecule has 0 heterocycles. The maximum atomic E-state index is 12.7. The van der Waals surface area contributed by atoms with E-state index in [1.165, 1.54) is 0 Å². The molecule has 0 saturated carbocycles. The van der Waals surface area contributed by atoms with Crippen molar-refractivity contribution in [3.63, 3.8) is 0 Å². The molecule has 0 bridgehead atoms. The number of carbonyl (C=O) groups is 2. The lowest BCUT2D eigenvalue weighted by atomic mass is 9.90. The predicted octanol–water partition coefficient (Wildman–Crippen LogP) is 4.09. The summed E-state index contributed by atoms with van der Waals surface area (Å²) in [5.41, 5.74) is 1.64. The van der Waals surface area contributed by atoms with E-state index in [4.69, 9.17) is 0 Å². The van der Waals surface area contributed by atoms with Crippen LogP contribution in [0, 0.1) is 5.41 Å². The highest BCUT2D eigenvalue weighted by molar-refractivity contribution is 6.10. The normalized spacial score (nSPS) is 11.2. The number of benzene rings is 2. The number of nitrogens with one attached hydrogen (secondary N) is 2. The first-order valence-electron chi connectivity index (χ1n) is 8.55. The third-order valence-corrected chi connectivity index (χ3v) is 4.26. The van der Waals surface area contributed by atoms with E-state index in [9.17, 15) is 9.59 Å². The summed E-state index contributed by atoms with van der Waals surface area (Å²) >= 11 is 0. The lowest BCUT2D eigenvalue weighted by Crippen LogP contribution is -2.45. The molecular weight excluding hydrogens is 312 g/mol. The third-order valence-electron chi connectivity index (χ3n) is 4.26. The topological polar surface area (TPSA) is 58.2 Å². The average Bonchev–Trinajstić information content (AvgIpc) is 2.60. The largest absolute Gasteiger partial charge is 0.351 e. The van der Waals surface area contributed by atoms with Gasteiger partial charge < -0.3 is 10.6 Å². The molecule has 2 rings (SSSR count). The molecule has 2 N–H and O–H groups in total. The van der Waals surface area contributed by atoms with Crippen molar-refractivity contribution in [1.29, 1.82) is 0 Å². The van der Waals surface area contributed by atoms with Crippen molar-refractivity contribution >= 4 is 17.5 Å². The Bertz CT molecular complexity index is 737. The van der Waals surface area contributed by atoms with Gasteiger partial charge in [0.25, 0.3) is 0 Å². The van der Waals surface area contributed by atoms with E-state index in [1.807, 2.05) is 54.6 Å². The summed E-state index contributed by atoms with van der Waals surface area (Å²) in [5, 5.41) is 5.75. The molecule has 2 amide bonds. The minimum absolute atomic E-state index is 0.284. The summed E-state index contributed by atoms with van der Waals surface area (Å²) in [7, 11) is 0. The molecule has 0 saturated heterocycles. The Morgan fingerprint density at radius 1 is 0.920 bits per heavy atom. The van der Waals surface area contributed by atoms with Crippen LogP contribution >= 0.6 is 0 Å². The minimum Gasteiger partial charge on any atom is -0.351 e. The molecule has 0 fully saturated rings. The molecular formula is C21H26N2O2. The number of carbonyl (C=O) groups excluding carboxylic acids is 2. The zero-order valence-corrected chi connectivity index (χ0v) is 15.3. The molecule has 2 aromatic rings. The van der Waals surface area contributed by atoms with Gasteiger partial charge in [0.1, 0.15) is 5.41 Å². The van der Waals surface area contributed by atoms with E-state index < -0.39 is 5.41 Å². The summed E-state index contributed by atoms with van der Waals surface area (Å²) in [4.78, 5) is 25.2. The Hall–Kier alpha value is -2.62. The van der Waals surface area contributed by atoms with Crippen LogP contribution < -0.4 is 10.6 Å². The number of hydrogen-bond acceptors (Lipinski definition) is 2. The van der Waals surface area contributed by atoms with Gasteiger partial charge in [0.05, 0.1) is 0 Å². The van der Waals surface area contributed by atoms with Gasteiger partial charge in [-0.3, -0.25) is 9.59 Å². The fourth-order valence-electron chi connectivity index (χ4n) is 2.50. The highest BCUT2D eigenvalue weighted by atomic mass is 16.2. The van der Waals surface area contributed by atoms with Gasteiger partial charge in [-0.2, -0.15) is 0 Å². The molecule has 4 nitrogen and oxygen atoms in total. The van der Waals surface area contributed by atoms with Crippen LogP contribution in [0.15, 0.2) is 54.6 Å². The van der Waals surface area contributed by atoms with Gasteiger partial charge >= 0.3 is 0 Å². The molecule has 25 heavy (non-hydrogen) atoms. The summed E-state index contributed by atoms with van der Waals surface area (Å²) in [6.45, 7) is 7.83. The van der Waals surface area contributed by atoms with Gasteiger partial charge in [0.2, 0.25) is 11.8 Å². The van der Waals surface area contributed by atoms with Crippen LogP contribution in [-0.2, 0) is 16.1 Å². The summed E-state index contributed by atoms with van der Waals surface area (Å²) in [6.07, 6.45) is 0. The molecule has 2 aromatic carbocycles. The molecule has 0 aliphatic rings. The number of rotatable bonds is 6. The van der Waals surface area contributed by atoms with Crippen LogP contribution in [0.1, 0.15) is 44.7 Å². The zero-order valence-electron chi connectivity index (χ0n) is 15.3. The van der Waals surface area contributed by atoms with Crippen LogP contribution in [0.5, 0.6) is 0 Å². The van der Waals surface area contributed by atoms with Crippen LogP contribution in [0.25, 0.3) is 0 Å². The standard InChI is InChI=1S/C21H26N2O2/c1-15(2)17-12-8-9-13-18(17)23-20(25)21(3,4)19(24)22-14-16-10-6-5-7-11-16/h5-13,15H,14H2,1-4H3,(H,22,24)(H,23,25). The molecule has 0 aromatic heterocycles. The maximum absolute atomic E-state index is 12.7. The second kappa shape index (κ2) is 7.97. The molecule has 132 valence electrons. The second-order valence-electron chi connectivity index (χ2n) is 6.99. The fraction of sp³-hybridized carbons (Fsp3) is 0.333. The van der Waals surface area contributed by atoms with Crippen molar-refractivity contribution in [2.24, 2.45) is 5.41 Å². The van der Waals surface area contributed by atoms with Crippen LogP contribution in [0.2, 0.25) is 0 Å². The highest BCUT2D eigenvalue weighted by Crippen LogP contribution is 2.26.